The molecule has 0 saturated carbocycles. The van der Waals surface area contributed by atoms with Gasteiger partial charge >= 0.3 is 0 Å². The predicted octanol–water partition coefficient (Wildman–Crippen LogP) is 4.32. The van der Waals surface area contributed by atoms with E-state index in [2.05, 4.69) is 30.2 Å². The Balaban J connectivity index is 1.26. The van der Waals surface area contributed by atoms with E-state index in [0.717, 1.165) is 45.3 Å². The molecule has 7 nitrogen and oxygen atoms in total. The van der Waals surface area contributed by atoms with Gasteiger partial charge < -0.3 is 30.6 Å². The molecule has 0 bridgehead atoms. The number of rotatable bonds is 13. The zero-order valence-electron chi connectivity index (χ0n) is 20.9. The molecule has 5 N–H and O–H groups in total. The van der Waals surface area contributed by atoms with Gasteiger partial charge in [-0.3, -0.25) is 4.79 Å². The summed E-state index contributed by atoms with van der Waals surface area (Å²) in [6.07, 6.45) is 1.07. The van der Waals surface area contributed by atoms with E-state index in [-0.39, 0.29) is 18.1 Å². The van der Waals surface area contributed by atoms with Crippen molar-refractivity contribution in [3.8, 4) is 11.5 Å². The van der Waals surface area contributed by atoms with Crippen molar-refractivity contribution in [2.45, 2.75) is 44.8 Å². The molecule has 4 aromatic rings. The summed E-state index contributed by atoms with van der Waals surface area (Å²) in [4.78, 5) is 14.2. The van der Waals surface area contributed by atoms with Crippen LogP contribution in [0.1, 0.15) is 32.3 Å². The second kappa shape index (κ2) is 11.5. The van der Waals surface area contributed by atoms with Crippen molar-refractivity contribution < 1.29 is 19.4 Å². The van der Waals surface area contributed by atoms with E-state index in [1.807, 2.05) is 60.7 Å². The monoisotopic (exact) mass is 489 g/mol. The van der Waals surface area contributed by atoms with E-state index in [1.165, 1.54) is 0 Å². The highest BCUT2D eigenvalue weighted by Crippen LogP contribution is 2.33. The number of nitrogens with one attached hydrogen (secondary N) is 2. The largest absolute Gasteiger partial charge is 0.494 e. The number of β-amino-alcohol motifs (C(OH)–C–C–N with tert-alkyl or cyclic N) is 1. The quantitative estimate of drug-likeness (QED) is 0.209. The minimum absolute atomic E-state index is 0.198. The van der Waals surface area contributed by atoms with Gasteiger partial charge in [0.2, 0.25) is 5.91 Å². The zero-order chi connectivity index (χ0) is 25.5. The Hall–Kier alpha value is -3.55. The average Bonchev–Trinajstić information content (AvgIpc) is 3.24. The molecule has 0 fully saturated rings. The first-order chi connectivity index (χ1) is 17.3. The van der Waals surface area contributed by atoms with Crippen LogP contribution in [-0.2, 0) is 11.2 Å². The summed E-state index contributed by atoms with van der Waals surface area (Å²) >= 11 is 0. The van der Waals surface area contributed by atoms with Gasteiger partial charge in [0.05, 0.1) is 12.1 Å². The lowest BCUT2D eigenvalue weighted by Crippen LogP contribution is -2.46. The second-order valence-corrected chi connectivity index (χ2v) is 9.82. The SMILES string of the molecule is CC(C)(Cc1ccc(OCCCC(N)=O)cc1)NC[C@H](O)COc1cccc2[nH]c3ccccc3c12. The highest BCUT2D eigenvalue weighted by molar-refractivity contribution is 6.10. The number of hydrogen-bond donors (Lipinski definition) is 4. The highest BCUT2D eigenvalue weighted by Gasteiger charge is 2.20. The van der Waals surface area contributed by atoms with Crippen molar-refractivity contribution in [3.63, 3.8) is 0 Å². The zero-order valence-corrected chi connectivity index (χ0v) is 20.9. The number of ether oxygens (including phenoxy) is 2. The first-order valence-corrected chi connectivity index (χ1v) is 12.4. The molecular formula is C29H35N3O4. The summed E-state index contributed by atoms with van der Waals surface area (Å²) in [7, 11) is 0. The summed E-state index contributed by atoms with van der Waals surface area (Å²) in [5.41, 5.74) is 8.17. The van der Waals surface area contributed by atoms with Gasteiger partial charge in [-0.2, -0.15) is 0 Å². The number of benzene rings is 3. The smallest absolute Gasteiger partial charge is 0.217 e. The molecule has 0 unspecified atom stereocenters. The van der Waals surface area contributed by atoms with Gasteiger partial charge in [-0.05, 0) is 62.6 Å². The third-order valence-electron chi connectivity index (χ3n) is 6.15. The van der Waals surface area contributed by atoms with Crippen LogP contribution in [0.5, 0.6) is 11.5 Å². The van der Waals surface area contributed by atoms with Crippen LogP contribution in [0.4, 0.5) is 0 Å². The van der Waals surface area contributed by atoms with Gasteiger partial charge in [0, 0.05) is 34.8 Å². The molecule has 7 heteroatoms. The minimum atomic E-state index is -0.652. The van der Waals surface area contributed by atoms with Gasteiger partial charge in [0.1, 0.15) is 24.2 Å². The number of carbonyl (C=O) groups is 1. The normalized spacial score (nSPS) is 12.6. The Bertz CT molecular complexity index is 1300. The molecule has 0 aliphatic rings. The molecule has 1 amide bonds. The predicted molar refractivity (Wildman–Crippen MR) is 143 cm³/mol. The van der Waals surface area contributed by atoms with Crippen molar-refractivity contribution >= 4 is 27.7 Å². The van der Waals surface area contributed by atoms with Crippen molar-refractivity contribution in [2.75, 3.05) is 19.8 Å². The van der Waals surface area contributed by atoms with Gasteiger partial charge in [0.25, 0.3) is 0 Å². The van der Waals surface area contributed by atoms with Gasteiger partial charge in [-0.25, -0.2) is 0 Å². The van der Waals surface area contributed by atoms with Crippen LogP contribution in [0, 0.1) is 0 Å². The van der Waals surface area contributed by atoms with Crippen LogP contribution >= 0.6 is 0 Å². The number of aromatic amines is 1. The third-order valence-corrected chi connectivity index (χ3v) is 6.15. The number of aliphatic hydroxyl groups is 1. The minimum Gasteiger partial charge on any atom is -0.494 e. The van der Waals surface area contributed by atoms with E-state index in [0.29, 0.717) is 26.0 Å². The molecule has 0 saturated heterocycles. The first-order valence-electron chi connectivity index (χ1n) is 12.4. The lowest BCUT2D eigenvalue weighted by molar-refractivity contribution is -0.118. The molecule has 3 aromatic carbocycles. The lowest BCUT2D eigenvalue weighted by Gasteiger charge is -2.28. The van der Waals surface area contributed by atoms with Gasteiger partial charge in [-0.15, -0.1) is 0 Å². The number of amides is 1. The number of H-pyrrole nitrogens is 1. The molecule has 1 atom stereocenters. The molecule has 1 aromatic heterocycles. The number of primary amides is 1. The molecule has 1 heterocycles. The van der Waals surface area contributed by atoms with Crippen LogP contribution in [0.25, 0.3) is 21.8 Å². The van der Waals surface area contributed by atoms with Gasteiger partial charge in [0.15, 0.2) is 0 Å². The van der Waals surface area contributed by atoms with E-state index < -0.39 is 6.10 Å². The number of para-hydroxylation sites is 1. The van der Waals surface area contributed by atoms with E-state index >= 15 is 0 Å². The van der Waals surface area contributed by atoms with Crippen LogP contribution in [0.3, 0.4) is 0 Å². The molecule has 0 spiro atoms. The maximum absolute atomic E-state index is 10.8. The van der Waals surface area contributed by atoms with Crippen molar-refractivity contribution in [1.29, 1.82) is 0 Å². The molecule has 0 aliphatic carbocycles. The topological polar surface area (TPSA) is 110 Å². The molecule has 0 aliphatic heterocycles. The highest BCUT2D eigenvalue weighted by atomic mass is 16.5. The summed E-state index contributed by atoms with van der Waals surface area (Å²) in [5, 5.41) is 16.2. The van der Waals surface area contributed by atoms with E-state index in [1.54, 1.807) is 0 Å². The summed E-state index contributed by atoms with van der Waals surface area (Å²) in [5.74, 6) is 1.22. The van der Waals surface area contributed by atoms with Gasteiger partial charge in [-0.1, -0.05) is 36.4 Å². The first kappa shape index (κ1) is 25.5. The van der Waals surface area contributed by atoms with Crippen LogP contribution in [0.2, 0.25) is 0 Å². The number of aliphatic hydroxyl groups excluding tert-OH is 1. The summed E-state index contributed by atoms with van der Waals surface area (Å²) in [6.45, 7) is 5.30. The fourth-order valence-corrected chi connectivity index (χ4v) is 4.34. The number of aromatic nitrogens is 1. The molecule has 190 valence electrons. The Morgan fingerprint density at radius 3 is 2.56 bits per heavy atom. The number of hydrogen-bond acceptors (Lipinski definition) is 5. The fourth-order valence-electron chi connectivity index (χ4n) is 4.34. The van der Waals surface area contributed by atoms with Crippen LogP contribution in [0.15, 0.2) is 66.7 Å². The lowest BCUT2D eigenvalue weighted by atomic mass is 9.94. The third kappa shape index (κ3) is 6.77. The Morgan fingerprint density at radius 2 is 1.78 bits per heavy atom. The summed E-state index contributed by atoms with van der Waals surface area (Å²) < 4.78 is 11.7. The molecule has 0 radical (unpaired) electrons. The maximum Gasteiger partial charge on any atom is 0.217 e. The van der Waals surface area contributed by atoms with Crippen molar-refractivity contribution in [3.05, 3.63) is 72.3 Å². The van der Waals surface area contributed by atoms with Crippen molar-refractivity contribution in [1.82, 2.24) is 10.3 Å². The maximum atomic E-state index is 10.8. The number of fused-ring (bicyclic) bond motifs is 3. The Kier molecular flexibility index (Phi) is 8.13. The molecule has 36 heavy (non-hydrogen) atoms. The van der Waals surface area contributed by atoms with Crippen molar-refractivity contribution in [2.24, 2.45) is 5.73 Å². The Morgan fingerprint density at radius 1 is 1.03 bits per heavy atom. The number of nitrogens with two attached hydrogens (primary N) is 1. The standard InChI is InChI=1S/C29H35N3O4/c1-29(2,17-20-12-14-22(15-13-20)35-16-6-11-27(30)34)31-18-21(33)19-36-26-10-5-9-25-28(26)23-7-3-4-8-24(23)32-25/h3-5,7-10,12-15,21,31-33H,6,11,16-19H2,1-2H3,(H2,30,34)/t21-/m0/s1. The number of carbonyl (C=O) groups excluding carboxylic acids is 1. The Labute approximate surface area is 211 Å². The molecule has 4 rings (SSSR count). The second-order valence-electron chi connectivity index (χ2n) is 9.82. The fraction of sp³-hybridized carbons (Fsp3) is 0.345. The average molecular weight is 490 g/mol. The molecular weight excluding hydrogens is 454 g/mol. The van der Waals surface area contributed by atoms with Crippen LogP contribution < -0.4 is 20.5 Å². The van der Waals surface area contributed by atoms with E-state index in [4.69, 9.17) is 15.2 Å². The van der Waals surface area contributed by atoms with E-state index in [9.17, 15) is 9.90 Å². The summed E-state index contributed by atoms with van der Waals surface area (Å²) in [6, 6.07) is 22.0. The van der Waals surface area contributed by atoms with Crippen LogP contribution in [-0.4, -0.2) is 47.4 Å².